The summed E-state index contributed by atoms with van der Waals surface area (Å²) >= 11 is 0. The SMILES string of the molecule is O=C(N/N=C/c1ccccc1)c1ccn[nH]1. The number of carbonyl (C=O) groups excluding carboxylic acids is 1. The second-order valence-corrected chi connectivity index (χ2v) is 3.08. The first-order valence-corrected chi connectivity index (χ1v) is 4.74. The summed E-state index contributed by atoms with van der Waals surface area (Å²) in [5.74, 6) is -0.315. The predicted octanol–water partition coefficient (Wildman–Crippen LogP) is 1.17. The number of hydrazone groups is 1. The zero-order chi connectivity index (χ0) is 11.2. The number of H-pyrrole nitrogens is 1. The summed E-state index contributed by atoms with van der Waals surface area (Å²) in [7, 11) is 0. The molecule has 0 aliphatic heterocycles. The van der Waals surface area contributed by atoms with Gasteiger partial charge >= 0.3 is 0 Å². The van der Waals surface area contributed by atoms with Crippen LogP contribution in [0.25, 0.3) is 0 Å². The van der Waals surface area contributed by atoms with Crippen molar-refractivity contribution in [2.45, 2.75) is 0 Å². The normalized spacial score (nSPS) is 10.5. The van der Waals surface area contributed by atoms with E-state index >= 15 is 0 Å². The lowest BCUT2D eigenvalue weighted by atomic mass is 10.2. The van der Waals surface area contributed by atoms with Crippen molar-refractivity contribution in [2.24, 2.45) is 5.10 Å². The minimum atomic E-state index is -0.315. The Morgan fingerprint density at radius 2 is 2.12 bits per heavy atom. The van der Waals surface area contributed by atoms with E-state index in [0.717, 1.165) is 5.56 Å². The fraction of sp³-hybridized carbons (Fsp3) is 0. The largest absolute Gasteiger partial charge is 0.289 e. The molecule has 0 unspecified atom stereocenters. The van der Waals surface area contributed by atoms with Crippen molar-refractivity contribution in [3.05, 3.63) is 53.9 Å². The minimum absolute atomic E-state index is 0.315. The highest BCUT2D eigenvalue weighted by Gasteiger charge is 2.03. The standard InChI is InChI=1S/C11H10N4O/c16-11(10-6-7-12-14-10)15-13-8-9-4-2-1-3-5-9/h1-8H,(H,12,14)(H,15,16)/b13-8+. The molecule has 0 bridgehead atoms. The number of hydrogen-bond acceptors (Lipinski definition) is 3. The molecule has 0 saturated heterocycles. The Labute approximate surface area is 92.2 Å². The number of amides is 1. The minimum Gasteiger partial charge on any atom is -0.273 e. The molecular formula is C11H10N4O. The van der Waals surface area contributed by atoms with E-state index < -0.39 is 0 Å². The van der Waals surface area contributed by atoms with Crippen molar-refractivity contribution in [2.75, 3.05) is 0 Å². The van der Waals surface area contributed by atoms with Gasteiger partial charge in [0.1, 0.15) is 5.69 Å². The van der Waals surface area contributed by atoms with Crippen LogP contribution in [0.2, 0.25) is 0 Å². The highest BCUT2D eigenvalue weighted by atomic mass is 16.2. The van der Waals surface area contributed by atoms with Crippen LogP contribution in [-0.4, -0.2) is 22.3 Å². The molecule has 0 atom stereocenters. The summed E-state index contributed by atoms with van der Waals surface area (Å²) in [6, 6.07) is 11.1. The smallest absolute Gasteiger partial charge is 0.273 e. The van der Waals surface area contributed by atoms with Gasteiger partial charge in [0.15, 0.2) is 0 Å². The van der Waals surface area contributed by atoms with Gasteiger partial charge in [0.25, 0.3) is 5.91 Å². The average Bonchev–Trinajstić information content (AvgIpc) is 2.84. The summed E-state index contributed by atoms with van der Waals surface area (Å²) in [6.07, 6.45) is 3.09. The van der Waals surface area contributed by atoms with Gasteiger partial charge in [-0.05, 0) is 11.6 Å². The maximum Gasteiger partial charge on any atom is 0.289 e. The van der Waals surface area contributed by atoms with Crippen LogP contribution in [0.4, 0.5) is 0 Å². The number of benzene rings is 1. The Balaban J connectivity index is 1.93. The molecule has 5 nitrogen and oxygen atoms in total. The first kappa shape index (κ1) is 10.1. The van der Waals surface area contributed by atoms with Gasteiger partial charge in [0.05, 0.1) is 6.21 Å². The first-order valence-electron chi connectivity index (χ1n) is 4.74. The van der Waals surface area contributed by atoms with Crippen molar-refractivity contribution >= 4 is 12.1 Å². The van der Waals surface area contributed by atoms with Gasteiger partial charge in [-0.15, -0.1) is 0 Å². The van der Waals surface area contributed by atoms with Crippen LogP contribution < -0.4 is 5.43 Å². The topological polar surface area (TPSA) is 70.1 Å². The van der Waals surface area contributed by atoms with E-state index in [2.05, 4.69) is 20.7 Å². The lowest BCUT2D eigenvalue weighted by molar-refractivity contribution is 0.0950. The summed E-state index contributed by atoms with van der Waals surface area (Å²) in [4.78, 5) is 11.4. The summed E-state index contributed by atoms with van der Waals surface area (Å²) in [5, 5.41) is 10.0. The molecule has 2 rings (SSSR count). The van der Waals surface area contributed by atoms with Crippen molar-refractivity contribution in [1.82, 2.24) is 15.6 Å². The Morgan fingerprint density at radius 3 is 2.81 bits per heavy atom. The van der Waals surface area contributed by atoms with Crippen molar-refractivity contribution in [3.63, 3.8) is 0 Å². The van der Waals surface area contributed by atoms with Gasteiger partial charge in [-0.3, -0.25) is 9.89 Å². The number of hydrogen-bond donors (Lipinski definition) is 2. The Hall–Kier alpha value is -2.43. The van der Waals surface area contributed by atoms with Crippen LogP contribution in [-0.2, 0) is 0 Å². The molecule has 2 N–H and O–H groups in total. The highest BCUT2D eigenvalue weighted by molar-refractivity contribution is 5.92. The second kappa shape index (κ2) is 4.88. The van der Waals surface area contributed by atoms with E-state index in [0.29, 0.717) is 5.69 Å². The molecule has 1 amide bonds. The van der Waals surface area contributed by atoms with E-state index in [-0.39, 0.29) is 5.91 Å². The molecule has 0 radical (unpaired) electrons. The molecule has 0 spiro atoms. The third-order valence-electron chi connectivity index (χ3n) is 1.92. The Morgan fingerprint density at radius 1 is 1.31 bits per heavy atom. The molecule has 0 aliphatic rings. The lowest BCUT2D eigenvalue weighted by Gasteiger charge is -1.95. The zero-order valence-corrected chi connectivity index (χ0v) is 8.42. The van der Waals surface area contributed by atoms with Crippen molar-refractivity contribution in [3.8, 4) is 0 Å². The molecule has 2 aromatic rings. The van der Waals surface area contributed by atoms with Gasteiger partial charge in [-0.1, -0.05) is 30.3 Å². The van der Waals surface area contributed by atoms with Crippen LogP contribution in [0.1, 0.15) is 16.1 Å². The van der Waals surface area contributed by atoms with Crippen LogP contribution >= 0.6 is 0 Å². The van der Waals surface area contributed by atoms with Crippen LogP contribution in [0.5, 0.6) is 0 Å². The number of nitrogens with one attached hydrogen (secondary N) is 2. The maximum absolute atomic E-state index is 11.4. The fourth-order valence-corrected chi connectivity index (χ4v) is 1.15. The number of carbonyl (C=O) groups is 1. The number of aromatic nitrogens is 2. The van der Waals surface area contributed by atoms with E-state index in [4.69, 9.17) is 0 Å². The average molecular weight is 214 g/mol. The van der Waals surface area contributed by atoms with Crippen molar-refractivity contribution < 1.29 is 4.79 Å². The zero-order valence-electron chi connectivity index (χ0n) is 8.42. The van der Waals surface area contributed by atoms with Crippen LogP contribution in [0.15, 0.2) is 47.7 Å². The van der Waals surface area contributed by atoms with Crippen LogP contribution in [0.3, 0.4) is 0 Å². The molecule has 16 heavy (non-hydrogen) atoms. The second-order valence-electron chi connectivity index (χ2n) is 3.08. The molecule has 1 aromatic heterocycles. The molecule has 0 saturated carbocycles. The summed E-state index contributed by atoms with van der Waals surface area (Å²) in [6.45, 7) is 0. The van der Waals surface area contributed by atoms with Gasteiger partial charge in [-0.25, -0.2) is 5.43 Å². The summed E-state index contributed by atoms with van der Waals surface area (Å²) < 4.78 is 0. The molecule has 1 aromatic carbocycles. The molecule has 0 fully saturated rings. The Bertz CT molecular complexity index is 476. The van der Waals surface area contributed by atoms with E-state index in [1.807, 2.05) is 30.3 Å². The molecule has 80 valence electrons. The van der Waals surface area contributed by atoms with E-state index in [9.17, 15) is 4.79 Å². The van der Waals surface area contributed by atoms with Gasteiger partial charge < -0.3 is 0 Å². The van der Waals surface area contributed by atoms with E-state index in [1.54, 1.807) is 12.3 Å². The van der Waals surface area contributed by atoms with Gasteiger partial charge in [0.2, 0.25) is 0 Å². The molecular weight excluding hydrogens is 204 g/mol. The predicted molar refractivity (Wildman–Crippen MR) is 60.1 cm³/mol. The number of rotatable bonds is 3. The third-order valence-corrected chi connectivity index (χ3v) is 1.92. The maximum atomic E-state index is 11.4. The Kier molecular flexibility index (Phi) is 3.08. The fourth-order valence-electron chi connectivity index (χ4n) is 1.15. The highest BCUT2D eigenvalue weighted by Crippen LogP contribution is 1.94. The summed E-state index contributed by atoms with van der Waals surface area (Å²) in [5.41, 5.74) is 3.70. The van der Waals surface area contributed by atoms with Crippen molar-refractivity contribution in [1.29, 1.82) is 0 Å². The number of aromatic amines is 1. The number of nitrogens with zero attached hydrogens (tertiary/aromatic N) is 2. The third kappa shape index (κ3) is 2.54. The first-order chi connectivity index (χ1) is 7.86. The quantitative estimate of drug-likeness (QED) is 0.594. The van der Waals surface area contributed by atoms with Gasteiger partial charge in [0, 0.05) is 6.20 Å². The molecule has 0 aliphatic carbocycles. The van der Waals surface area contributed by atoms with Crippen LogP contribution in [0, 0.1) is 0 Å². The molecule has 5 heteroatoms. The monoisotopic (exact) mass is 214 g/mol. The van der Waals surface area contributed by atoms with E-state index in [1.165, 1.54) is 6.20 Å². The lowest BCUT2D eigenvalue weighted by Crippen LogP contribution is -2.17. The van der Waals surface area contributed by atoms with Gasteiger partial charge in [-0.2, -0.15) is 10.2 Å². The molecule has 1 heterocycles.